The van der Waals surface area contributed by atoms with Crippen molar-refractivity contribution < 1.29 is 56.1 Å². The van der Waals surface area contributed by atoms with Gasteiger partial charge in [-0.15, -0.1) is 0 Å². The second-order valence-electron chi connectivity index (χ2n) is 38.4. The zero-order chi connectivity index (χ0) is 102. The molecule has 0 unspecified atom stereocenters. The fourth-order valence-electron chi connectivity index (χ4n) is 14.6. The van der Waals surface area contributed by atoms with Crippen LogP contribution in [0, 0.1) is 0 Å². The number of carbonyl (C=O) groups excluding carboxylic acids is 2. The number of Topliss-reactive ketones (excluding diaryl/α,β-unsaturated/α-hetero) is 1. The molecule has 21 heterocycles. The van der Waals surface area contributed by atoms with Crippen LogP contribution in [-0.2, 0) is 51.3 Å². The van der Waals surface area contributed by atoms with E-state index >= 15 is 0 Å². The van der Waals surface area contributed by atoms with Gasteiger partial charge in [0, 0.05) is 106 Å². The summed E-state index contributed by atoms with van der Waals surface area (Å²) in [5, 5.41) is 24.0. The number of pyridine rings is 1. The number of hydrogen-bond donors (Lipinski definition) is 2. The third kappa shape index (κ3) is 25.8. The van der Waals surface area contributed by atoms with Crippen molar-refractivity contribution in [2.24, 2.45) is 4.30 Å². The Kier molecular flexibility index (Phi) is 35.2. The maximum absolute atomic E-state index is 13.5. The predicted octanol–water partition coefficient (Wildman–Crippen LogP) is 17.4. The number of nitrogens with one attached hydrogen (secondary N) is 1. The van der Waals surface area contributed by atoms with Crippen LogP contribution in [0.25, 0.3) is 71.2 Å². The summed E-state index contributed by atoms with van der Waals surface area (Å²) in [6.45, 7) is 49.6. The number of aromatic nitrogens is 20. The van der Waals surface area contributed by atoms with Crippen molar-refractivity contribution >= 4 is 197 Å². The molecular formula is C91H116B6Br2ClN24O12S5. The number of carbonyl (C=O) groups is 2. The minimum Gasteiger partial charge on any atom is -0.228 e. The fraction of sp³-hybridized carbons (Fsp3) is 0.462. The van der Waals surface area contributed by atoms with Gasteiger partial charge in [0.05, 0.1) is 144 Å². The van der Waals surface area contributed by atoms with Crippen LogP contribution < -0.4 is 15.8 Å². The number of amides is 1. The van der Waals surface area contributed by atoms with E-state index in [9.17, 15) is 9.59 Å². The quantitative estimate of drug-likeness (QED) is 0.0393. The first kappa shape index (κ1) is 109. The summed E-state index contributed by atoms with van der Waals surface area (Å²) in [6, 6.07) is 26.3. The molecule has 741 valence electrons. The summed E-state index contributed by atoms with van der Waals surface area (Å²) >= 11 is 21.2. The van der Waals surface area contributed by atoms with Crippen molar-refractivity contribution in [3.8, 4) is 43.0 Å². The standard InChI is InChI=1S/C28H34N8O2S.2C12H24B2O4.C12H16BN3O2.C9H5BrN4S.C9H6N4S.C6H4ClN3.C3H2BrNS.BHNS/c1-5-34(6-2)18(3)7-8-24(37)19-15-22(32-26(16-19)35-13-11-23(35)28(38)29-4)20-17-30-36-14-10-21(33-27(20)36)25-9-12-31-39-25;2*1-9(2)10(3,4)16-13(15-9)14-17-11(5,6)12(7,8)18-14;1-11(2)12(3,4)18-13(17-11)9-6-8-16-10(15-9)5-7-14-16;10-6-5-11-14-4-2-7(13-9(6)14)8-1-3-12-15-8;1-5-11-14-8(1)7-3-6-13-9(12-7)2-4-10-13;7-5-2-4-10-6(9-5)1-3-8-10;4-3-1-2-5-6-3;1-2-3/h9-10,12,14-18,23H,5-8,11,13H2,1-4H3,(H,29,38);2*1-8H3;5-8H,1-4H3;1-5H;1-6H;1-4H;1-2H;3H/t18-,23-;;;;;;;;/m0......../s1. The Balaban J connectivity index is 0.000000142. The third-order valence-corrected chi connectivity index (χ3v) is 30.8. The monoisotopic (exact) mass is 2160 g/mol. The van der Waals surface area contributed by atoms with Crippen LogP contribution in [0.2, 0.25) is 5.15 Å². The van der Waals surface area contributed by atoms with E-state index < -0.39 is 35.2 Å². The molecule has 15 aromatic rings. The van der Waals surface area contributed by atoms with Gasteiger partial charge in [-0.25, -0.2) is 70.0 Å². The Morgan fingerprint density at radius 2 is 0.879 bits per heavy atom. The third-order valence-electron chi connectivity index (χ3n) is 26.5. The van der Waals surface area contributed by atoms with Crippen LogP contribution in [0.5, 0.6) is 0 Å². The van der Waals surface area contributed by atoms with Gasteiger partial charge in [-0.1, -0.05) is 25.4 Å². The maximum atomic E-state index is 13.5. The number of hydrogen-bond acceptors (Lipinski definition) is 35. The molecule has 141 heavy (non-hydrogen) atoms. The fourth-order valence-corrected chi connectivity index (χ4v) is 17.6. The number of thiol groups is 1. The second-order valence-corrected chi connectivity index (χ2v) is 44.6. The van der Waals surface area contributed by atoms with Gasteiger partial charge in [0.2, 0.25) is 5.91 Å². The largest absolute Gasteiger partial charge is 0.228 e. The predicted molar refractivity (Wildman–Crippen MR) is 567 cm³/mol. The van der Waals surface area contributed by atoms with E-state index in [4.69, 9.17) is 68.1 Å². The van der Waals surface area contributed by atoms with Gasteiger partial charge in [0.15, 0.2) is 34.0 Å². The summed E-state index contributed by atoms with van der Waals surface area (Å²) < 4.78 is 89.0. The van der Waals surface area contributed by atoms with Gasteiger partial charge >= 0.3 is 59.9 Å². The average molecular weight is 2160 g/mol. The van der Waals surface area contributed by atoms with Gasteiger partial charge in [0.25, 0.3) is 0 Å². The maximum Gasteiger partial charge on any atom is 0.155 e. The first-order chi connectivity index (χ1) is 66.5. The summed E-state index contributed by atoms with van der Waals surface area (Å²) in [4.78, 5) is 60.6. The molecule has 0 aliphatic carbocycles. The Bertz CT molecular complexity index is 6480. The molecule has 6 aliphatic heterocycles. The molecule has 0 bridgehead atoms. The summed E-state index contributed by atoms with van der Waals surface area (Å²) in [6.07, 6.45) is 26.9. The summed E-state index contributed by atoms with van der Waals surface area (Å²) in [5.41, 5.74) is 5.69. The number of halogens is 3. The molecule has 36 nitrogen and oxygen atoms in total. The van der Waals surface area contributed by atoms with Crippen molar-refractivity contribution in [3.63, 3.8) is 0 Å². The van der Waals surface area contributed by atoms with Crippen LogP contribution >= 0.6 is 102 Å². The topological polar surface area (TPSA) is 373 Å². The molecule has 2 atom stereocenters. The molecule has 50 heteroatoms. The van der Waals surface area contributed by atoms with E-state index in [2.05, 4.69) is 151 Å². The smallest absolute Gasteiger partial charge is 0.155 e. The van der Waals surface area contributed by atoms with Crippen LogP contribution in [0.4, 0.5) is 5.82 Å². The van der Waals surface area contributed by atoms with E-state index in [0.717, 1.165) is 99.6 Å². The molecule has 0 saturated carbocycles. The Morgan fingerprint density at radius 3 is 1.28 bits per heavy atom. The van der Waals surface area contributed by atoms with Crippen molar-refractivity contribution in [1.29, 1.82) is 0 Å². The van der Waals surface area contributed by atoms with Gasteiger partial charge in [-0.05, 0) is 316 Å². The number of fused-ring (bicyclic) bond motifs is 5. The average Bonchev–Trinajstić information content (AvgIpc) is 1.49. The van der Waals surface area contributed by atoms with Crippen molar-refractivity contribution in [2.45, 2.75) is 247 Å². The Morgan fingerprint density at radius 1 is 0.489 bits per heavy atom. The number of ketones is 1. The van der Waals surface area contributed by atoms with Crippen LogP contribution in [0.3, 0.4) is 0 Å². The number of anilines is 1. The van der Waals surface area contributed by atoms with Crippen LogP contribution in [-0.4, -0.2) is 250 Å². The Hall–Kier alpha value is -8.94. The summed E-state index contributed by atoms with van der Waals surface area (Å²) in [7, 11) is 3.65. The molecule has 1 N–H and O–H groups in total. The molecule has 6 saturated heterocycles. The molecule has 1 amide bonds. The molecule has 0 spiro atoms. The number of likely N-dealkylation sites (N-methyl/N-ethyl adjacent to an activating group) is 1. The first-order valence-electron chi connectivity index (χ1n) is 45.8. The molecule has 6 fully saturated rings. The SMILES string of the molecule is Brc1ccns1.Brc1cnn2ccc(-c3ccns3)nc12.CC1(C)OB(B2OC(C)(C)C(C)(C)O2)OC1(C)C.CC1(C)OB(B2OC(C)(C)C(C)(C)O2)OC1(C)C.CC1(C)OB(c2ccn3nccc3n2)OC1(C)C.CCN(CC)[C@@H](C)CCC(=O)c1cc(-c2cnn3ccc(-c4ccns4)nc23)nc(N2CC[C@H]2C(=O)NC)c1.Clc1ccn2nccc2n1.[B]=NS.c1cc(-c2ccn3nccc3n2)sn1. The van der Waals surface area contributed by atoms with Gasteiger partial charge in [-0.2, -0.15) is 25.5 Å². The minimum absolute atomic E-state index is 0.0544. The van der Waals surface area contributed by atoms with E-state index in [1.54, 1.807) is 104 Å². The number of nitrogens with zero attached hydrogens (tertiary/aromatic N) is 23. The molecule has 6 aliphatic rings. The molecule has 1 radical (unpaired) electrons. The normalized spacial score (nSPS) is 18.8. The van der Waals surface area contributed by atoms with Gasteiger partial charge in [0.1, 0.15) is 17.0 Å². The van der Waals surface area contributed by atoms with Gasteiger partial charge < -0.3 is 61.7 Å². The molecule has 15 aromatic heterocycles. The van der Waals surface area contributed by atoms with Crippen LogP contribution in [0.15, 0.2) is 184 Å². The Labute approximate surface area is 867 Å². The van der Waals surface area contributed by atoms with Crippen LogP contribution in [0.1, 0.15) is 189 Å². The van der Waals surface area contributed by atoms with Gasteiger partial charge in [-0.3, -0.25) is 9.59 Å². The minimum atomic E-state index is -0.476. The summed E-state index contributed by atoms with van der Waals surface area (Å²) in [5.74, 6) is 0.623. The van der Waals surface area contributed by atoms with Crippen molar-refractivity contribution in [3.05, 3.63) is 191 Å². The zero-order valence-electron chi connectivity index (χ0n) is 83.4. The molecule has 0 aromatic carbocycles. The zero-order valence-corrected chi connectivity index (χ0v) is 91.5. The molecule has 21 rings (SSSR count). The van der Waals surface area contributed by atoms with E-state index in [-0.39, 0.29) is 73.7 Å². The van der Waals surface area contributed by atoms with E-state index in [0.29, 0.717) is 46.9 Å². The number of rotatable bonds is 16. The van der Waals surface area contributed by atoms with Crippen molar-refractivity contribution in [1.82, 2.24) is 106 Å². The first-order valence-corrected chi connectivity index (χ1v) is 51.3. The van der Waals surface area contributed by atoms with Crippen molar-refractivity contribution in [2.75, 3.05) is 31.6 Å². The van der Waals surface area contributed by atoms with E-state index in [1.165, 1.54) is 46.1 Å². The van der Waals surface area contributed by atoms with E-state index in [1.807, 2.05) is 241 Å². The second kappa shape index (κ2) is 45.4. The molecular weight excluding hydrogens is 2040 g/mol.